The standard InChI is InChI=1S/C5H2F3IN2/c6-1-3(9)2(7)5(10)11-4(1)8/h(H2,10,11). The van der Waals surface area contributed by atoms with Gasteiger partial charge < -0.3 is 5.73 Å². The lowest BCUT2D eigenvalue weighted by Gasteiger charge is -1.99. The van der Waals surface area contributed by atoms with Gasteiger partial charge in [0.25, 0.3) is 5.95 Å². The van der Waals surface area contributed by atoms with Crippen LogP contribution in [0.25, 0.3) is 0 Å². The van der Waals surface area contributed by atoms with Crippen molar-refractivity contribution in [2.75, 3.05) is 5.73 Å². The van der Waals surface area contributed by atoms with E-state index in [9.17, 15) is 13.2 Å². The van der Waals surface area contributed by atoms with Gasteiger partial charge in [-0.1, -0.05) is 0 Å². The quantitative estimate of drug-likeness (QED) is 0.577. The van der Waals surface area contributed by atoms with Crippen molar-refractivity contribution in [1.29, 1.82) is 0 Å². The molecule has 0 fully saturated rings. The molecule has 0 saturated heterocycles. The molecule has 1 aromatic heterocycles. The van der Waals surface area contributed by atoms with Crippen molar-refractivity contribution in [3.05, 3.63) is 21.2 Å². The third-order valence-electron chi connectivity index (χ3n) is 1.01. The van der Waals surface area contributed by atoms with Crippen molar-refractivity contribution in [3.63, 3.8) is 0 Å². The summed E-state index contributed by atoms with van der Waals surface area (Å²) < 4.78 is 36.8. The van der Waals surface area contributed by atoms with Crippen LogP contribution < -0.4 is 5.73 Å². The second-order valence-corrected chi connectivity index (χ2v) is 2.81. The fraction of sp³-hybridized carbons (Fsp3) is 0. The number of hydrogen-bond acceptors (Lipinski definition) is 2. The summed E-state index contributed by atoms with van der Waals surface area (Å²) in [5, 5.41) is 0. The molecule has 60 valence electrons. The minimum absolute atomic E-state index is 0.479. The molecule has 11 heavy (non-hydrogen) atoms. The summed E-state index contributed by atoms with van der Waals surface area (Å²) in [6.07, 6.45) is 0. The van der Waals surface area contributed by atoms with E-state index >= 15 is 0 Å². The Bertz CT molecular complexity index is 276. The number of rotatable bonds is 0. The van der Waals surface area contributed by atoms with E-state index in [1.165, 1.54) is 22.6 Å². The summed E-state index contributed by atoms with van der Waals surface area (Å²) in [6, 6.07) is 0. The monoisotopic (exact) mass is 274 g/mol. The van der Waals surface area contributed by atoms with Crippen LogP contribution in [-0.4, -0.2) is 4.98 Å². The van der Waals surface area contributed by atoms with Crippen LogP contribution in [0.1, 0.15) is 0 Å². The van der Waals surface area contributed by atoms with Gasteiger partial charge in [-0.05, 0) is 22.6 Å². The molecule has 2 nitrogen and oxygen atoms in total. The SMILES string of the molecule is Nc1nc(F)c(F)c(I)c1F. The number of aromatic nitrogens is 1. The van der Waals surface area contributed by atoms with Crippen molar-refractivity contribution in [2.24, 2.45) is 0 Å². The van der Waals surface area contributed by atoms with Crippen molar-refractivity contribution in [3.8, 4) is 0 Å². The Morgan fingerprint density at radius 3 is 2.27 bits per heavy atom. The Kier molecular flexibility index (Phi) is 2.21. The minimum atomic E-state index is -1.38. The van der Waals surface area contributed by atoms with Gasteiger partial charge >= 0.3 is 0 Å². The largest absolute Gasteiger partial charge is 0.381 e. The van der Waals surface area contributed by atoms with Crippen molar-refractivity contribution >= 4 is 28.4 Å². The first-order valence-corrected chi connectivity index (χ1v) is 3.57. The zero-order valence-corrected chi connectivity index (χ0v) is 7.19. The van der Waals surface area contributed by atoms with Crippen molar-refractivity contribution < 1.29 is 13.2 Å². The maximum atomic E-state index is 12.6. The van der Waals surface area contributed by atoms with Gasteiger partial charge in [-0.3, -0.25) is 0 Å². The Labute approximate surface area is 73.7 Å². The van der Waals surface area contributed by atoms with Gasteiger partial charge in [0, 0.05) is 0 Å². The smallest absolute Gasteiger partial charge is 0.252 e. The number of hydrogen-bond donors (Lipinski definition) is 1. The summed E-state index contributed by atoms with van der Waals surface area (Å²) in [5.41, 5.74) is 4.89. The van der Waals surface area contributed by atoms with Crippen LogP contribution in [0.4, 0.5) is 19.0 Å². The zero-order chi connectivity index (χ0) is 8.59. The van der Waals surface area contributed by atoms with E-state index < -0.39 is 27.0 Å². The highest BCUT2D eigenvalue weighted by Gasteiger charge is 2.15. The third-order valence-corrected chi connectivity index (χ3v) is 1.96. The number of nitrogen functional groups attached to an aromatic ring is 1. The zero-order valence-electron chi connectivity index (χ0n) is 5.04. The van der Waals surface area contributed by atoms with Crippen LogP contribution in [0, 0.1) is 21.2 Å². The van der Waals surface area contributed by atoms with Gasteiger partial charge in [0.05, 0.1) is 3.57 Å². The predicted molar refractivity (Wildman–Crippen MR) is 41.2 cm³/mol. The molecule has 0 atom stereocenters. The van der Waals surface area contributed by atoms with Gasteiger partial charge in [-0.25, -0.2) is 8.78 Å². The summed E-state index contributed by atoms with van der Waals surface area (Å²) in [6.45, 7) is 0. The van der Waals surface area contributed by atoms with Crippen LogP contribution in [0.5, 0.6) is 0 Å². The average molecular weight is 274 g/mol. The molecule has 1 rings (SSSR count). The Morgan fingerprint density at radius 1 is 1.18 bits per heavy atom. The normalized spacial score (nSPS) is 10.2. The molecule has 0 aliphatic rings. The number of anilines is 1. The van der Waals surface area contributed by atoms with Crippen LogP contribution in [0.15, 0.2) is 0 Å². The van der Waals surface area contributed by atoms with E-state index in [4.69, 9.17) is 5.73 Å². The lowest BCUT2D eigenvalue weighted by atomic mass is 10.4. The fourth-order valence-electron chi connectivity index (χ4n) is 0.503. The molecule has 1 aromatic rings. The van der Waals surface area contributed by atoms with Gasteiger partial charge in [-0.15, -0.1) is 0 Å². The van der Waals surface area contributed by atoms with Gasteiger partial charge in [0.1, 0.15) is 0 Å². The highest BCUT2D eigenvalue weighted by molar-refractivity contribution is 14.1. The third kappa shape index (κ3) is 1.39. The molecule has 6 heteroatoms. The lowest BCUT2D eigenvalue weighted by Crippen LogP contribution is -2.04. The highest BCUT2D eigenvalue weighted by Crippen LogP contribution is 2.19. The molecule has 1 heterocycles. The minimum Gasteiger partial charge on any atom is -0.381 e. The first-order valence-electron chi connectivity index (χ1n) is 2.49. The molecule has 0 radical (unpaired) electrons. The molecule has 0 aliphatic carbocycles. The van der Waals surface area contributed by atoms with Crippen LogP contribution in [0.2, 0.25) is 0 Å². The maximum Gasteiger partial charge on any atom is 0.252 e. The topological polar surface area (TPSA) is 38.9 Å². The van der Waals surface area contributed by atoms with E-state index in [0.717, 1.165) is 0 Å². The second-order valence-electron chi connectivity index (χ2n) is 1.73. The lowest BCUT2D eigenvalue weighted by molar-refractivity contribution is 0.460. The van der Waals surface area contributed by atoms with Crippen molar-refractivity contribution in [2.45, 2.75) is 0 Å². The summed E-state index contributed by atoms with van der Waals surface area (Å²) in [4.78, 5) is 2.79. The van der Waals surface area contributed by atoms with E-state index in [1.54, 1.807) is 0 Å². The number of nitrogens with zero attached hydrogens (tertiary/aromatic N) is 1. The number of pyridine rings is 1. The molecular formula is C5H2F3IN2. The van der Waals surface area contributed by atoms with E-state index in [-0.39, 0.29) is 0 Å². The van der Waals surface area contributed by atoms with Crippen LogP contribution >= 0.6 is 22.6 Å². The summed E-state index contributed by atoms with van der Waals surface area (Å²) in [5.74, 6) is -4.34. The predicted octanol–water partition coefficient (Wildman–Crippen LogP) is 1.69. The maximum absolute atomic E-state index is 12.6. The molecule has 0 bridgehead atoms. The first kappa shape index (κ1) is 8.57. The molecule has 0 spiro atoms. The Morgan fingerprint density at radius 2 is 1.73 bits per heavy atom. The van der Waals surface area contributed by atoms with Gasteiger partial charge in [0.2, 0.25) is 0 Å². The first-order chi connectivity index (χ1) is 5.04. The van der Waals surface area contributed by atoms with E-state index in [1.807, 2.05) is 0 Å². The van der Waals surface area contributed by atoms with Gasteiger partial charge in [0.15, 0.2) is 17.5 Å². The summed E-state index contributed by atoms with van der Waals surface area (Å²) >= 11 is 1.31. The molecule has 0 saturated carbocycles. The molecular weight excluding hydrogens is 272 g/mol. The Balaban J connectivity index is 3.46. The highest BCUT2D eigenvalue weighted by atomic mass is 127. The van der Waals surface area contributed by atoms with Gasteiger partial charge in [-0.2, -0.15) is 9.37 Å². The fourth-order valence-corrected chi connectivity index (χ4v) is 1.00. The van der Waals surface area contributed by atoms with Crippen LogP contribution in [0.3, 0.4) is 0 Å². The van der Waals surface area contributed by atoms with Crippen LogP contribution in [-0.2, 0) is 0 Å². The molecule has 0 unspecified atom stereocenters. The summed E-state index contributed by atoms with van der Waals surface area (Å²) in [7, 11) is 0. The molecule has 0 aromatic carbocycles. The average Bonchev–Trinajstić information content (AvgIpc) is 1.97. The Hall–Kier alpha value is -0.530. The number of halogens is 4. The van der Waals surface area contributed by atoms with E-state index in [2.05, 4.69) is 4.98 Å². The second kappa shape index (κ2) is 2.84. The van der Waals surface area contributed by atoms with Crippen molar-refractivity contribution in [1.82, 2.24) is 4.98 Å². The number of nitrogens with two attached hydrogens (primary N) is 1. The van der Waals surface area contributed by atoms with E-state index in [0.29, 0.717) is 0 Å². The molecule has 0 aliphatic heterocycles. The molecule has 2 N–H and O–H groups in total. The molecule has 0 amide bonds.